The minimum atomic E-state index is -0.293. The summed E-state index contributed by atoms with van der Waals surface area (Å²) < 4.78 is 15.6. The Morgan fingerprint density at radius 3 is 2.26 bits per heavy atom. The highest BCUT2D eigenvalue weighted by atomic mass is 16.5. The van der Waals surface area contributed by atoms with Gasteiger partial charge in [-0.1, -0.05) is 6.92 Å². The van der Waals surface area contributed by atoms with Crippen LogP contribution in [0.15, 0.2) is 0 Å². The van der Waals surface area contributed by atoms with Crippen molar-refractivity contribution in [2.24, 2.45) is 0 Å². The molecular weight excluding hydrogens is 248 g/mol. The molecule has 0 radical (unpaired) electrons. The van der Waals surface area contributed by atoms with Crippen LogP contribution in [0.2, 0.25) is 0 Å². The van der Waals surface area contributed by atoms with Gasteiger partial charge < -0.3 is 19.5 Å². The number of hydrogen-bond donors (Lipinski definition) is 1. The predicted molar refractivity (Wildman–Crippen MR) is 72.1 cm³/mol. The third-order valence-electron chi connectivity index (χ3n) is 3.46. The third-order valence-corrected chi connectivity index (χ3v) is 3.46. The van der Waals surface area contributed by atoms with E-state index < -0.39 is 0 Å². The summed E-state index contributed by atoms with van der Waals surface area (Å²) in [4.78, 5) is 13.9. The van der Waals surface area contributed by atoms with Crippen molar-refractivity contribution in [1.82, 2.24) is 10.2 Å². The molecule has 6 nitrogen and oxygen atoms in total. The second-order valence-electron chi connectivity index (χ2n) is 4.80. The Labute approximate surface area is 115 Å². The van der Waals surface area contributed by atoms with E-state index >= 15 is 0 Å². The molecule has 19 heavy (non-hydrogen) atoms. The molecule has 6 heteroatoms. The summed E-state index contributed by atoms with van der Waals surface area (Å²) in [6.07, 6.45) is 1.11. The maximum atomic E-state index is 11.7. The van der Waals surface area contributed by atoms with Crippen LogP contribution in [0.25, 0.3) is 0 Å². The number of nitrogens with one attached hydrogen (secondary N) is 1. The molecule has 1 heterocycles. The largest absolute Gasteiger partial charge is 0.468 e. The first-order valence-corrected chi connectivity index (χ1v) is 6.75. The SMILES string of the molecule is CCCNC(CN1CC(OC)C(OC)C1)C(=O)OC. The molecule has 1 saturated heterocycles. The van der Waals surface area contributed by atoms with Crippen LogP contribution in [0.4, 0.5) is 0 Å². The molecule has 112 valence electrons. The lowest BCUT2D eigenvalue weighted by molar-refractivity contribution is -0.143. The second-order valence-corrected chi connectivity index (χ2v) is 4.80. The standard InChI is InChI=1S/C13H26N2O4/c1-5-6-14-10(13(16)19-4)7-15-8-11(17-2)12(9-15)18-3/h10-12,14H,5-9H2,1-4H3. The van der Waals surface area contributed by atoms with E-state index in [9.17, 15) is 4.79 Å². The molecule has 0 aromatic heterocycles. The van der Waals surface area contributed by atoms with Crippen molar-refractivity contribution < 1.29 is 19.0 Å². The normalized spacial score (nSPS) is 25.5. The summed E-state index contributed by atoms with van der Waals surface area (Å²) in [5.74, 6) is -0.219. The first-order chi connectivity index (χ1) is 9.15. The number of likely N-dealkylation sites (tertiary alicyclic amines) is 1. The fraction of sp³-hybridized carbons (Fsp3) is 0.923. The first kappa shape index (κ1) is 16.4. The van der Waals surface area contributed by atoms with Crippen molar-refractivity contribution >= 4 is 5.97 Å². The van der Waals surface area contributed by atoms with E-state index in [0.717, 1.165) is 26.1 Å². The van der Waals surface area contributed by atoms with Crippen molar-refractivity contribution in [3.8, 4) is 0 Å². The summed E-state index contributed by atoms with van der Waals surface area (Å²) in [5.41, 5.74) is 0. The van der Waals surface area contributed by atoms with Gasteiger partial charge in [-0.3, -0.25) is 9.69 Å². The van der Waals surface area contributed by atoms with E-state index in [0.29, 0.717) is 6.54 Å². The zero-order valence-electron chi connectivity index (χ0n) is 12.3. The van der Waals surface area contributed by atoms with Gasteiger partial charge in [0.15, 0.2) is 0 Å². The third kappa shape index (κ3) is 4.72. The van der Waals surface area contributed by atoms with Gasteiger partial charge in [0.2, 0.25) is 0 Å². The van der Waals surface area contributed by atoms with Crippen LogP contribution in [-0.2, 0) is 19.0 Å². The zero-order valence-corrected chi connectivity index (χ0v) is 12.3. The fourth-order valence-electron chi connectivity index (χ4n) is 2.36. The lowest BCUT2D eigenvalue weighted by atomic mass is 10.2. The molecule has 0 saturated carbocycles. The minimum Gasteiger partial charge on any atom is -0.468 e. The smallest absolute Gasteiger partial charge is 0.324 e. The lowest BCUT2D eigenvalue weighted by Crippen LogP contribution is -2.46. The second kappa shape index (κ2) is 8.47. The van der Waals surface area contributed by atoms with Gasteiger partial charge in [-0.15, -0.1) is 0 Å². The van der Waals surface area contributed by atoms with Crippen LogP contribution >= 0.6 is 0 Å². The summed E-state index contributed by atoms with van der Waals surface area (Å²) in [5, 5.41) is 3.21. The Morgan fingerprint density at radius 1 is 1.26 bits per heavy atom. The fourth-order valence-corrected chi connectivity index (χ4v) is 2.36. The number of hydrogen-bond acceptors (Lipinski definition) is 6. The molecule has 3 atom stereocenters. The van der Waals surface area contributed by atoms with E-state index in [1.165, 1.54) is 7.11 Å². The number of rotatable bonds is 8. The number of ether oxygens (including phenoxy) is 3. The van der Waals surface area contributed by atoms with Gasteiger partial charge in [0.1, 0.15) is 6.04 Å². The van der Waals surface area contributed by atoms with E-state index in [1.807, 2.05) is 0 Å². The van der Waals surface area contributed by atoms with Gasteiger partial charge in [0.25, 0.3) is 0 Å². The monoisotopic (exact) mass is 274 g/mol. The van der Waals surface area contributed by atoms with E-state index in [1.54, 1.807) is 14.2 Å². The van der Waals surface area contributed by atoms with Crippen molar-refractivity contribution in [2.75, 3.05) is 47.5 Å². The summed E-state index contributed by atoms with van der Waals surface area (Å²) in [7, 11) is 4.80. The quantitative estimate of drug-likeness (QED) is 0.622. The van der Waals surface area contributed by atoms with Crippen LogP contribution < -0.4 is 5.32 Å². The van der Waals surface area contributed by atoms with Crippen LogP contribution in [-0.4, -0.2) is 76.6 Å². The summed E-state index contributed by atoms with van der Waals surface area (Å²) >= 11 is 0. The Balaban J connectivity index is 2.52. The van der Waals surface area contributed by atoms with Gasteiger partial charge in [0, 0.05) is 33.9 Å². The highest BCUT2D eigenvalue weighted by molar-refractivity contribution is 5.75. The average molecular weight is 274 g/mol. The van der Waals surface area contributed by atoms with Crippen LogP contribution in [0.3, 0.4) is 0 Å². The molecule has 0 aromatic rings. The predicted octanol–water partition coefficient (Wildman–Crippen LogP) is -0.127. The summed E-state index contributed by atoms with van der Waals surface area (Å²) in [6, 6.07) is -0.293. The maximum absolute atomic E-state index is 11.7. The minimum absolute atomic E-state index is 0.0643. The molecule has 0 aromatic carbocycles. The number of nitrogens with zero attached hydrogens (tertiary/aromatic N) is 1. The van der Waals surface area contributed by atoms with E-state index in [-0.39, 0.29) is 24.2 Å². The van der Waals surface area contributed by atoms with Crippen LogP contribution in [0, 0.1) is 0 Å². The molecule has 0 bridgehead atoms. The van der Waals surface area contributed by atoms with Gasteiger partial charge in [-0.05, 0) is 13.0 Å². The Hall–Kier alpha value is -0.690. The topological polar surface area (TPSA) is 60.0 Å². The van der Waals surface area contributed by atoms with Gasteiger partial charge in [-0.25, -0.2) is 0 Å². The number of esters is 1. The molecule has 3 unspecified atom stereocenters. The van der Waals surface area contributed by atoms with Crippen molar-refractivity contribution in [3.05, 3.63) is 0 Å². The number of carbonyl (C=O) groups is 1. The number of carbonyl (C=O) groups excluding carboxylic acids is 1. The number of methoxy groups -OCH3 is 3. The lowest BCUT2D eigenvalue weighted by Gasteiger charge is -2.22. The highest BCUT2D eigenvalue weighted by Gasteiger charge is 2.35. The van der Waals surface area contributed by atoms with Crippen molar-refractivity contribution in [3.63, 3.8) is 0 Å². The molecule has 1 N–H and O–H groups in total. The highest BCUT2D eigenvalue weighted by Crippen LogP contribution is 2.16. The maximum Gasteiger partial charge on any atom is 0.324 e. The molecule has 1 rings (SSSR count). The Morgan fingerprint density at radius 2 is 1.84 bits per heavy atom. The Kier molecular flexibility index (Phi) is 7.30. The van der Waals surface area contributed by atoms with Crippen LogP contribution in [0.5, 0.6) is 0 Å². The summed E-state index contributed by atoms with van der Waals surface area (Å²) in [6.45, 7) is 5.03. The van der Waals surface area contributed by atoms with Gasteiger partial charge in [-0.2, -0.15) is 0 Å². The average Bonchev–Trinajstić information content (AvgIpc) is 2.84. The van der Waals surface area contributed by atoms with Crippen molar-refractivity contribution in [2.45, 2.75) is 31.6 Å². The molecule has 1 aliphatic heterocycles. The zero-order chi connectivity index (χ0) is 14.3. The molecule has 0 spiro atoms. The molecule has 1 aliphatic rings. The molecular formula is C13H26N2O4. The first-order valence-electron chi connectivity index (χ1n) is 6.75. The van der Waals surface area contributed by atoms with Crippen LogP contribution in [0.1, 0.15) is 13.3 Å². The van der Waals surface area contributed by atoms with Crippen molar-refractivity contribution in [1.29, 1.82) is 0 Å². The van der Waals surface area contributed by atoms with Gasteiger partial charge >= 0.3 is 5.97 Å². The molecule has 0 aliphatic carbocycles. The van der Waals surface area contributed by atoms with E-state index in [4.69, 9.17) is 14.2 Å². The van der Waals surface area contributed by atoms with E-state index in [2.05, 4.69) is 17.1 Å². The molecule has 1 fully saturated rings. The van der Waals surface area contributed by atoms with Gasteiger partial charge in [0.05, 0.1) is 19.3 Å². The Bertz CT molecular complexity index is 263. The molecule has 0 amide bonds.